The first-order valence-corrected chi connectivity index (χ1v) is 11.1. The molecule has 0 saturated carbocycles. The molecule has 24 heavy (non-hydrogen) atoms. The SMILES string of the molecule is Cc1cc(S(=O)(=O)N2CC[S@](=O)C[C@@H]2c2cnn(C)c2)ccc1Br. The van der Waals surface area contributed by atoms with Crippen LogP contribution in [0.4, 0.5) is 0 Å². The van der Waals surface area contributed by atoms with Crippen LogP contribution in [0, 0.1) is 6.92 Å². The third-order valence-electron chi connectivity index (χ3n) is 4.08. The maximum atomic E-state index is 13.1. The van der Waals surface area contributed by atoms with Crippen LogP contribution in [0.2, 0.25) is 0 Å². The van der Waals surface area contributed by atoms with Crippen LogP contribution in [-0.4, -0.2) is 44.8 Å². The lowest BCUT2D eigenvalue weighted by molar-refractivity contribution is 0.351. The number of hydrogen-bond acceptors (Lipinski definition) is 4. The van der Waals surface area contributed by atoms with Gasteiger partial charge in [-0.2, -0.15) is 9.40 Å². The molecule has 2 atom stereocenters. The predicted octanol–water partition coefficient (Wildman–Crippen LogP) is 1.99. The van der Waals surface area contributed by atoms with Crippen molar-refractivity contribution >= 4 is 36.8 Å². The predicted molar refractivity (Wildman–Crippen MR) is 96.6 cm³/mol. The summed E-state index contributed by atoms with van der Waals surface area (Å²) >= 11 is 3.39. The van der Waals surface area contributed by atoms with E-state index in [0.29, 0.717) is 11.5 Å². The molecule has 3 rings (SSSR count). The Morgan fingerprint density at radius 2 is 2.12 bits per heavy atom. The zero-order valence-corrected chi connectivity index (χ0v) is 16.6. The number of nitrogens with zero attached hydrogens (tertiary/aromatic N) is 3. The molecule has 9 heteroatoms. The van der Waals surface area contributed by atoms with Crippen molar-refractivity contribution in [2.45, 2.75) is 17.9 Å². The molecule has 1 aromatic heterocycles. The van der Waals surface area contributed by atoms with Gasteiger partial charge in [-0.15, -0.1) is 0 Å². The van der Waals surface area contributed by atoms with E-state index >= 15 is 0 Å². The minimum atomic E-state index is -3.67. The fourth-order valence-corrected chi connectivity index (χ4v) is 6.21. The highest BCUT2D eigenvalue weighted by atomic mass is 79.9. The van der Waals surface area contributed by atoms with Gasteiger partial charge in [-0.05, 0) is 30.7 Å². The third kappa shape index (κ3) is 3.35. The van der Waals surface area contributed by atoms with Gasteiger partial charge in [0.15, 0.2) is 0 Å². The Bertz CT molecular complexity index is 895. The molecule has 1 aliphatic heterocycles. The average molecular weight is 432 g/mol. The van der Waals surface area contributed by atoms with Gasteiger partial charge in [-0.25, -0.2) is 8.42 Å². The molecule has 1 aromatic carbocycles. The molecular formula is C15H18BrN3O3S2. The van der Waals surface area contributed by atoms with Crippen molar-refractivity contribution in [3.8, 4) is 0 Å². The Hall–Kier alpha value is -1.03. The largest absolute Gasteiger partial charge is 0.275 e. The number of aryl methyl sites for hydroxylation is 2. The third-order valence-corrected chi connectivity index (χ3v) is 8.20. The Morgan fingerprint density at radius 3 is 2.75 bits per heavy atom. The molecule has 1 aliphatic rings. The minimum absolute atomic E-state index is 0.240. The number of halogens is 1. The smallest absolute Gasteiger partial charge is 0.243 e. The van der Waals surface area contributed by atoms with Crippen LogP contribution in [0.3, 0.4) is 0 Å². The molecule has 0 aliphatic carbocycles. The molecule has 0 spiro atoms. The number of sulfonamides is 1. The molecule has 0 N–H and O–H groups in total. The van der Waals surface area contributed by atoms with Crippen molar-refractivity contribution < 1.29 is 12.6 Å². The molecule has 2 aromatic rings. The Morgan fingerprint density at radius 1 is 1.38 bits per heavy atom. The van der Waals surface area contributed by atoms with Crippen LogP contribution in [0.25, 0.3) is 0 Å². The quantitative estimate of drug-likeness (QED) is 0.744. The molecule has 0 radical (unpaired) electrons. The van der Waals surface area contributed by atoms with Crippen LogP contribution in [0.1, 0.15) is 17.2 Å². The molecule has 1 saturated heterocycles. The molecule has 2 heterocycles. The Kier molecular flexibility index (Phi) is 4.96. The molecule has 6 nitrogen and oxygen atoms in total. The van der Waals surface area contributed by atoms with E-state index in [1.165, 1.54) is 4.31 Å². The van der Waals surface area contributed by atoms with E-state index in [1.54, 1.807) is 42.3 Å². The van der Waals surface area contributed by atoms with Gasteiger partial charge in [0.25, 0.3) is 0 Å². The lowest BCUT2D eigenvalue weighted by atomic mass is 10.2. The van der Waals surface area contributed by atoms with E-state index in [4.69, 9.17) is 0 Å². The van der Waals surface area contributed by atoms with E-state index in [0.717, 1.165) is 15.6 Å². The van der Waals surface area contributed by atoms with Crippen molar-refractivity contribution in [2.24, 2.45) is 7.05 Å². The first-order valence-electron chi connectivity index (χ1n) is 7.40. The van der Waals surface area contributed by atoms with Crippen molar-refractivity contribution in [1.82, 2.24) is 14.1 Å². The van der Waals surface area contributed by atoms with Crippen LogP contribution in [0.5, 0.6) is 0 Å². The van der Waals surface area contributed by atoms with Crippen molar-refractivity contribution in [3.05, 3.63) is 46.2 Å². The maximum Gasteiger partial charge on any atom is 0.243 e. The van der Waals surface area contributed by atoms with Crippen LogP contribution >= 0.6 is 15.9 Å². The number of benzene rings is 1. The molecule has 0 unspecified atom stereocenters. The fourth-order valence-electron chi connectivity index (χ4n) is 2.77. The van der Waals surface area contributed by atoms with Crippen LogP contribution in [-0.2, 0) is 27.9 Å². The van der Waals surface area contributed by atoms with E-state index in [-0.39, 0.29) is 11.4 Å². The van der Waals surface area contributed by atoms with E-state index in [9.17, 15) is 12.6 Å². The lowest BCUT2D eigenvalue weighted by Gasteiger charge is -2.33. The van der Waals surface area contributed by atoms with Crippen molar-refractivity contribution in [3.63, 3.8) is 0 Å². The average Bonchev–Trinajstić information content (AvgIpc) is 2.96. The van der Waals surface area contributed by atoms with Gasteiger partial charge < -0.3 is 0 Å². The zero-order chi connectivity index (χ0) is 17.5. The summed E-state index contributed by atoms with van der Waals surface area (Å²) in [6.07, 6.45) is 3.42. The molecule has 0 amide bonds. The number of rotatable bonds is 3. The highest BCUT2D eigenvalue weighted by Gasteiger charge is 2.37. The lowest BCUT2D eigenvalue weighted by Crippen LogP contribution is -2.44. The monoisotopic (exact) mass is 431 g/mol. The second-order valence-electron chi connectivity index (χ2n) is 5.80. The van der Waals surface area contributed by atoms with E-state index < -0.39 is 26.9 Å². The first kappa shape index (κ1) is 17.8. The topological polar surface area (TPSA) is 72.3 Å². The second-order valence-corrected chi connectivity index (χ2v) is 10.2. The zero-order valence-electron chi connectivity index (χ0n) is 13.3. The summed E-state index contributed by atoms with van der Waals surface area (Å²) in [4.78, 5) is 0.254. The molecular weight excluding hydrogens is 414 g/mol. The maximum absolute atomic E-state index is 13.1. The first-order chi connectivity index (χ1) is 11.3. The van der Waals surface area contributed by atoms with Gasteiger partial charge in [-0.3, -0.25) is 8.89 Å². The minimum Gasteiger partial charge on any atom is -0.275 e. The summed E-state index contributed by atoms with van der Waals surface area (Å²) in [6, 6.07) is 4.54. The van der Waals surface area contributed by atoms with E-state index in [2.05, 4.69) is 21.0 Å². The standard InChI is InChI=1S/C15H18BrN3O3S2/c1-11-7-13(3-4-14(11)16)24(21,22)19-5-6-23(20)10-15(19)12-8-17-18(2)9-12/h3-4,7-9,15H,5-6,10H2,1-2H3/t15-,23+/m1/s1. The fraction of sp³-hybridized carbons (Fsp3) is 0.400. The van der Waals surface area contributed by atoms with Gasteiger partial charge in [0, 0.05) is 52.1 Å². The Balaban J connectivity index is 2.03. The normalized spacial score (nSPS) is 22.6. The summed E-state index contributed by atoms with van der Waals surface area (Å²) in [5.41, 5.74) is 1.62. The van der Waals surface area contributed by atoms with Gasteiger partial charge in [0.1, 0.15) is 0 Å². The molecule has 0 bridgehead atoms. The van der Waals surface area contributed by atoms with Gasteiger partial charge in [0.2, 0.25) is 10.0 Å². The summed E-state index contributed by atoms with van der Waals surface area (Å²) < 4.78 is 42.2. The summed E-state index contributed by atoms with van der Waals surface area (Å²) in [5.74, 6) is 0.645. The number of aromatic nitrogens is 2. The highest BCUT2D eigenvalue weighted by Crippen LogP contribution is 2.32. The van der Waals surface area contributed by atoms with E-state index in [1.807, 2.05) is 6.92 Å². The van der Waals surface area contributed by atoms with Crippen molar-refractivity contribution in [1.29, 1.82) is 0 Å². The van der Waals surface area contributed by atoms with Gasteiger partial charge >= 0.3 is 0 Å². The molecule has 1 fully saturated rings. The summed E-state index contributed by atoms with van der Waals surface area (Å²) in [7, 11) is -2.93. The van der Waals surface area contributed by atoms with Crippen LogP contribution < -0.4 is 0 Å². The summed E-state index contributed by atoms with van der Waals surface area (Å²) in [6.45, 7) is 2.09. The van der Waals surface area contributed by atoms with Crippen molar-refractivity contribution in [2.75, 3.05) is 18.1 Å². The van der Waals surface area contributed by atoms with Gasteiger partial charge in [0.05, 0.1) is 17.1 Å². The molecule has 130 valence electrons. The van der Waals surface area contributed by atoms with Crippen LogP contribution in [0.15, 0.2) is 40.0 Å². The second kappa shape index (κ2) is 6.70. The highest BCUT2D eigenvalue weighted by molar-refractivity contribution is 9.10. The Labute approximate surface area is 152 Å². The summed E-state index contributed by atoms with van der Waals surface area (Å²) in [5, 5.41) is 4.12. The van der Waals surface area contributed by atoms with Gasteiger partial charge in [-0.1, -0.05) is 15.9 Å². The number of hydrogen-bond donors (Lipinski definition) is 0.